The van der Waals surface area contributed by atoms with Gasteiger partial charge < -0.3 is 9.64 Å². The minimum Gasteiger partial charge on any atom is -0.460 e. The molecule has 1 amide bonds. The van der Waals surface area contributed by atoms with Crippen molar-refractivity contribution in [1.29, 1.82) is 0 Å². The molecule has 1 atom stereocenters. The van der Waals surface area contributed by atoms with Gasteiger partial charge in [0.1, 0.15) is 0 Å². The number of hydrogen-bond acceptors (Lipinski definition) is 7. The van der Waals surface area contributed by atoms with Crippen LogP contribution in [0.3, 0.4) is 0 Å². The fourth-order valence-corrected chi connectivity index (χ4v) is 3.35. The highest BCUT2D eigenvalue weighted by Gasteiger charge is 2.40. The van der Waals surface area contributed by atoms with Crippen LogP contribution in [0.5, 0.6) is 0 Å². The zero-order chi connectivity index (χ0) is 21.8. The maximum atomic E-state index is 12.7. The van der Waals surface area contributed by atoms with E-state index in [2.05, 4.69) is 5.10 Å². The number of carbonyl (C=O) groups is 2. The van der Waals surface area contributed by atoms with E-state index in [0.717, 1.165) is 16.9 Å². The lowest BCUT2D eigenvalue weighted by Crippen LogP contribution is -2.58. The van der Waals surface area contributed by atoms with Crippen LogP contribution in [-0.4, -0.2) is 55.5 Å². The van der Waals surface area contributed by atoms with Crippen molar-refractivity contribution in [2.45, 2.75) is 20.0 Å². The summed E-state index contributed by atoms with van der Waals surface area (Å²) in [6.07, 6.45) is -0.565. The molecular formula is C22H27N5O3. The number of carbonyl (C=O) groups excluding carboxylic acids is 2. The molecule has 1 aliphatic heterocycles. The summed E-state index contributed by atoms with van der Waals surface area (Å²) in [5.74, 6) is -0.775. The molecule has 0 unspecified atom stereocenters. The molecule has 2 aromatic rings. The van der Waals surface area contributed by atoms with Gasteiger partial charge in [0.2, 0.25) is 5.91 Å². The summed E-state index contributed by atoms with van der Waals surface area (Å²) < 4.78 is 5.17. The molecule has 0 aromatic heterocycles. The van der Waals surface area contributed by atoms with Crippen molar-refractivity contribution >= 4 is 29.1 Å². The van der Waals surface area contributed by atoms with Crippen molar-refractivity contribution < 1.29 is 14.3 Å². The Morgan fingerprint density at radius 2 is 1.70 bits per heavy atom. The van der Waals surface area contributed by atoms with E-state index in [0.29, 0.717) is 0 Å². The molecule has 8 heteroatoms. The van der Waals surface area contributed by atoms with Gasteiger partial charge >= 0.3 is 5.97 Å². The first-order chi connectivity index (χ1) is 14.3. The van der Waals surface area contributed by atoms with Crippen LogP contribution in [0.4, 0.5) is 11.4 Å². The lowest BCUT2D eigenvalue weighted by molar-refractivity contribution is -0.147. The Bertz CT molecular complexity index is 928. The average molecular weight is 409 g/mol. The highest BCUT2D eigenvalue weighted by atomic mass is 16.5. The third-order valence-electron chi connectivity index (χ3n) is 4.80. The Labute approximate surface area is 176 Å². The minimum absolute atomic E-state index is 0.0389. The van der Waals surface area contributed by atoms with Crippen LogP contribution in [-0.2, 0) is 14.3 Å². The molecule has 0 saturated carbocycles. The van der Waals surface area contributed by atoms with Crippen LogP contribution >= 0.6 is 0 Å². The second kappa shape index (κ2) is 8.86. The Morgan fingerprint density at radius 1 is 1.07 bits per heavy atom. The van der Waals surface area contributed by atoms with E-state index < -0.39 is 12.1 Å². The van der Waals surface area contributed by atoms with Gasteiger partial charge in [-0.15, -0.1) is 5.10 Å². The number of anilines is 2. The molecule has 8 nitrogen and oxygen atoms in total. The molecule has 1 heterocycles. The second-order valence-electron chi connectivity index (χ2n) is 7.07. The van der Waals surface area contributed by atoms with Crippen molar-refractivity contribution in [3.8, 4) is 0 Å². The van der Waals surface area contributed by atoms with E-state index >= 15 is 0 Å². The number of hydrogen-bond donors (Lipinski definition) is 0. The van der Waals surface area contributed by atoms with Crippen LogP contribution in [0.15, 0.2) is 59.7 Å². The third kappa shape index (κ3) is 4.07. The van der Waals surface area contributed by atoms with Crippen molar-refractivity contribution in [1.82, 2.24) is 10.0 Å². The van der Waals surface area contributed by atoms with Crippen molar-refractivity contribution in [3.05, 3.63) is 60.2 Å². The van der Waals surface area contributed by atoms with E-state index in [4.69, 9.17) is 4.74 Å². The summed E-state index contributed by atoms with van der Waals surface area (Å²) in [6.45, 7) is 3.41. The summed E-state index contributed by atoms with van der Waals surface area (Å²) in [4.78, 5) is 27.3. The number of benzene rings is 2. The standard InChI is InChI=1S/C22H27N5O3/c1-6-30-22(29)20-23-26(19-10-8-7-9-11-19)21(27(16(2)28)25(20)5)17-12-14-18(15-13-17)24(3)4/h7-15,21H,6H2,1-5H3/t21-/m0/s1. The number of hydrazine groups is 1. The van der Waals surface area contributed by atoms with Crippen LogP contribution in [0, 0.1) is 0 Å². The third-order valence-corrected chi connectivity index (χ3v) is 4.80. The number of ether oxygens (including phenoxy) is 1. The molecule has 2 aromatic carbocycles. The average Bonchev–Trinajstić information content (AvgIpc) is 2.73. The molecule has 3 rings (SSSR count). The largest absolute Gasteiger partial charge is 0.460 e. The van der Waals surface area contributed by atoms with E-state index in [1.807, 2.05) is 73.6 Å². The minimum atomic E-state index is -0.589. The van der Waals surface area contributed by atoms with Gasteiger partial charge in [-0.1, -0.05) is 30.3 Å². The zero-order valence-corrected chi connectivity index (χ0v) is 17.9. The number of likely N-dealkylation sites (N-methyl/N-ethyl adjacent to an activating group) is 1. The molecule has 0 N–H and O–H groups in total. The monoisotopic (exact) mass is 409 g/mol. The number of hydrazone groups is 1. The fraction of sp³-hybridized carbons (Fsp3) is 0.318. The zero-order valence-electron chi connectivity index (χ0n) is 17.9. The number of para-hydroxylation sites is 1. The van der Waals surface area contributed by atoms with Gasteiger partial charge in [-0.05, 0) is 36.8 Å². The lowest BCUT2D eigenvalue weighted by Gasteiger charge is -2.46. The van der Waals surface area contributed by atoms with Crippen LogP contribution in [0.2, 0.25) is 0 Å². The fourth-order valence-electron chi connectivity index (χ4n) is 3.35. The first-order valence-corrected chi connectivity index (χ1v) is 9.75. The van der Waals surface area contributed by atoms with Gasteiger partial charge in [-0.2, -0.15) is 0 Å². The Kier molecular flexibility index (Phi) is 6.25. The number of amidine groups is 1. The number of esters is 1. The first kappa shape index (κ1) is 21.2. The van der Waals surface area contributed by atoms with Gasteiger partial charge in [0.15, 0.2) is 6.17 Å². The maximum Gasteiger partial charge on any atom is 0.377 e. The van der Waals surface area contributed by atoms with Crippen LogP contribution in [0.1, 0.15) is 25.6 Å². The number of nitrogens with zero attached hydrogens (tertiary/aromatic N) is 5. The van der Waals surface area contributed by atoms with Crippen molar-refractivity contribution in [2.24, 2.45) is 5.10 Å². The topological polar surface area (TPSA) is 68.7 Å². The Morgan fingerprint density at radius 3 is 2.23 bits per heavy atom. The van der Waals surface area contributed by atoms with Crippen LogP contribution in [0.25, 0.3) is 0 Å². The van der Waals surface area contributed by atoms with E-state index in [9.17, 15) is 9.59 Å². The molecule has 0 fully saturated rings. The molecule has 0 aliphatic carbocycles. The number of rotatable bonds is 5. The highest BCUT2D eigenvalue weighted by Crippen LogP contribution is 2.35. The quantitative estimate of drug-likeness (QED) is 0.708. The van der Waals surface area contributed by atoms with E-state index in [1.54, 1.807) is 19.0 Å². The van der Waals surface area contributed by atoms with E-state index in [-0.39, 0.29) is 18.3 Å². The molecule has 158 valence electrons. The lowest BCUT2D eigenvalue weighted by atomic mass is 10.1. The van der Waals surface area contributed by atoms with Crippen molar-refractivity contribution in [3.63, 3.8) is 0 Å². The maximum absolute atomic E-state index is 12.7. The SMILES string of the molecule is CCOC(=O)C1=NN(c2ccccc2)[C@H](c2ccc(N(C)C)cc2)N(C(C)=O)N1C. The highest BCUT2D eigenvalue weighted by molar-refractivity contribution is 6.35. The molecule has 0 saturated heterocycles. The van der Waals surface area contributed by atoms with Gasteiger partial charge in [0.25, 0.3) is 5.84 Å². The van der Waals surface area contributed by atoms with E-state index in [1.165, 1.54) is 16.9 Å². The molecular weight excluding hydrogens is 382 g/mol. The smallest absolute Gasteiger partial charge is 0.377 e. The molecule has 30 heavy (non-hydrogen) atoms. The van der Waals surface area contributed by atoms with Gasteiger partial charge in [0.05, 0.1) is 12.3 Å². The Hall–Kier alpha value is -3.55. The predicted molar refractivity (Wildman–Crippen MR) is 117 cm³/mol. The summed E-state index contributed by atoms with van der Waals surface area (Å²) in [5.41, 5.74) is 2.65. The first-order valence-electron chi connectivity index (χ1n) is 9.75. The Balaban J connectivity index is 2.16. The van der Waals surface area contributed by atoms with Gasteiger partial charge in [-0.25, -0.2) is 14.8 Å². The molecule has 0 radical (unpaired) electrons. The second-order valence-corrected chi connectivity index (χ2v) is 7.07. The van der Waals surface area contributed by atoms with Gasteiger partial charge in [0, 0.05) is 33.8 Å². The normalized spacial score (nSPS) is 16.2. The van der Waals surface area contributed by atoms with Crippen molar-refractivity contribution in [2.75, 3.05) is 37.7 Å². The predicted octanol–water partition coefficient (Wildman–Crippen LogP) is 2.84. The molecule has 1 aliphatic rings. The summed E-state index contributed by atoms with van der Waals surface area (Å²) >= 11 is 0. The molecule has 0 bridgehead atoms. The summed E-state index contributed by atoms with van der Waals surface area (Å²) in [7, 11) is 5.58. The molecule has 0 spiro atoms. The van der Waals surface area contributed by atoms with Crippen LogP contribution < -0.4 is 9.91 Å². The van der Waals surface area contributed by atoms with Gasteiger partial charge in [-0.3, -0.25) is 9.80 Å². The summed E-state index contributed by atoms with van der Waals surface area (Å²) in [6, 6.07) is 17.3. The number of amides is 1. The summed E-state index contributed by atoms with van der Waals surface area (Å²) in [5, 5.41) is 9.25.